The molecule has 0 unspecified atom stereocenters. The molecular formula is C22H30N4O6. The minimum Gasteiger partial charge on any atom is -0.480 e. The molecule has 4 amide bonds. The summed E-state index contributed by atoms with van der Waals surface area (Å²) in [5.41, 5.74) is 5.90. The van der Waals surface area contributed by atoms with E-state index in [1.807, 2.05) is 18.2 Å². The van der Waals surface area contributed by atoms with Crippen LogP contribution in [0.3, 0.4) is 0 Å². The molecule has 1 aromatic rings. The lowest BCUT2D eigenvalue weighted by Gasteiger charge is -2.42. The molecule has 1 fully saturated rings. The van der Waals surface area contributed by atoms with Crippen LogP contribution in [0.4, 0.5) is 0 Å². The molecule has 3 atom stereocenters. The summed E-state index contributed by atoms with van der Waals surface area (Å²) in [7, 11) is 0. The number of primary amides is 1. The number of carbonyl (C=O) groups is 5. The molecule has 0 aliphatic carbocycles. The molecule has 0 saturated carbocycles. The molecule has 10 heteroatoms. The topological polar surface area (TPSA) is 150 Å². The number of carboxylic acid groups (broad SMARTS) is 1. The van der Waals surface area contributed by atoms with Gasteiger partial charge in [-0.05, 0) is 18.9 Å². The van der Waals surface area contributed by atoms with Crippen LogP contribution in [0.1, 0.15) is 38.7 Å². The zero-order chi connectivity index (χ0) is 23.8. The van der Waals surface area contributed by atoms with E-state index >= 15 is 0 Å². The molecule has 1 aliphatic heterocycles. The highest BCUT2D eigenvalue weighted by molar-refractivity contribution is 5.94. The van der Waals surface area contributed by atoms with Crippen LogP contribution < -0.4 is 11.1 Å². The average molecular weight is 447 g/mol. The van der Waals surface area contributed by atoms with Crippen molar-refractivity contribution >= 4 is 29.6 Å². The maximum atomic E-state index is 13.2. The maximum Gasteiger partial charge on any atom is 0.326 e. The van der Waals surface area contributed by atoms with Gasteiger partial charge in [0.1, 0.15) is 18.1 Å². The van der Waals surface area contributed by atoms with Crippen molar-refractivity contribution in [3.05, 3.63) is 35.9 Å². The number of hydrogen-bond donors (Lipinski definition) is 3. The first-order chi connectivity index (χ1) is 15.1. The van der Waals surface area contributed by atoms with Gasteiger partial charge in [0.15, 0.2) is 0 Å². The van der Waals surface area contributed by atoms with Gasteiger partial charge in [0, 0.05) is 32.4 Å². The molecule has 2 rings (SSSR count). The minimum atomic E-state index is -1.32. The smallest absolute Gasteiger partial charge is 0.326 e. The average Bonchev–Trinajstić information content (AvgIpc) is 2.76. The van der Waals surface area contributed by atoms with Crippen LogP contribution in [0.5, 0.6) is 0 Å². The second-order valence-corrected chi connectivity index (χ2v) is 7.76. The van der Waals surface area contributed by atoms with E-state index in [9.17, 15) is 29.1 Å². The van der Waals surface area contributed by atoms with Crippen molar-refractivity contribution in [2.45, 2.75) is 57.7 Å². The van der Waals surface area contributed by atoms with Gasteiger partial charge in [0.05, 0.1) is 0 Å². The van der Waals surface area contributed by atoms with Crippen molar-refractivity contribution in [2.75, 3.05) is 13.1 Å². The van der Waals surface area contributed by atoms with Crippen LogP contribution in [-0.2, 0) is 30.4 Å². The Hall–Kier alpha value is -3.43. The third-order valence-electron chi connectivity index (χ3n) is 5.56. The number of carbonyl (C=O) groups excluding carboxylic acids is 4. The molecule has 0 radical (unpaired) electrons. The summed E-state index contributed by atoms with van der Waals surface area (Å²) in [4.78, 5) is 63.9. The van der Waals surface area contributed by atoms with Gasteiger partial charge in [-0.15, -0.1) is 0 Å². The van der Waals surface area contributed by atoms with E-state index in [0.717, 1.165) is 5.56 Å². The number of nitrogens with zero attached hydrogens (tertiary/aromatic N) is 2. The largest absolute Gasteiger partial charge is 0.480 e. The molecule has 4 N–H and O–H groups in total. The van der Waals surface area contributed by atoms with Crippen LogP contribution in [-0.4, -0.2) is 75.7 Å². The van der Waals surface area contributed by atoms with Crippen LogP contribution in [0.15, 0.2) is 30.3 Å². The summed E-state index contributed by atoms with van der Waals surface area (Å²) in [5.74, 6) is -3.13. The zero-order valence-corrected chi connectivity index (χ0v) is 18.3. The molecule has 1 heterocycles. The number of rotatable bonds is 10. The van der Waals surface area contributed by atoms with E-state index in [-0.39, 0.29) is 50.6 Å². The number of aliphatic carboxylic acids is 1. The standard InChI is InChI=1S/C22H30N4O6/c1-3-19(28)25-11-12-26(21(30)14(25)2)17(13-15-7-5-4-6-8-15)20(29)24-16(22(31)32)9-10-18(23)27/h4-8,14,16-17H,3,9-13H2,1-2H3,(H2,23,27)(H,24,29)(H,31,32)/t14-,16-,17-/m0/s1. The molecule has 0 spiro atoms. The lowest BCUT2D eigenvalue weighted by Crippen LogP contribution is -2.63. The zero-order valence-electron chi connectivity index (χ0n) is 18.3. The summed E-state index contributed by atoms with van der Waals surface area (Å²) < 4.78 is 0. The van der Waals surface area contributed by atoms with E-state index in [1.54, 1.807) is 26.0 Å². The minimum absolute atomic E-state index is 0.146. The summed E-state index contributed by atoms with van der Waals surface area (Å²) in [6.45, 7) is 3.77. The van der Waals surface area contributed by atoms with Crippen molar-refractivity contribution in [3.8, 4) is 0 Å². The molecule has 1 aromatic carbocycles. The Labute approximate surface area is 186 Å². The van der Waals surface area contributed by atoms with E-state index in [0.29, 0.717) is 0 Å². The third-order valence-corrected chi connectivity index (χ3v) is 5.56. The van der Waals surface area contributed by atoms with Crippen LogP contribution >= 0.6 is 0 Å². The van der Waals surface area contributed by atoms with Gasteiger partial charge in [-0.3, -0.25) is 19.2 Å². The van der Waals surface area contributed by atoms with Gasteiger partial charge in [-0.1, -0.05) is 37.3 Å². The number of nitrogens with one attached hydrogen (secondary N) is 1. The van der Waals surface area contributed by atoms with E-state index < -0.39 is 35.9 Å². The number of piperazine rings is 1. The van der Waals surface area contributed by atoms with Gasteiger partial charge in [-0.2, -0.15) is 0 Å². The lowest BCUT2D eigenvalue weighted by atomic mass is 10.00. The van der Waals surface area contributed by atoms with Crippen molar-refractivity contribution in [1.29, 1.82) is 0 Å². The normalized spacial score (nSPS) is 18.1. The van der Waals surface area contributed by atoms with Crippen molar-refractivity contribution in [3.63, 3.8) is 0 Å². The fourth-order valence-corrected chi connectivity index (χ4v) is 3.74. The summed E-state index contributed by atoms with van der Waals surface area (Å²) in [5, 5.41) is 11.9. The molecule has 1 aliphatic rings. The van der Waals surface area contributed by atoms with Crippen molar-refractivity contribution in [1.82, 2.24) is 15.1 Å². The molecule has 1 saturated heterocycles. The predicted molar refractivity (Wildman–Crippen MR) is 115 cm³/mol. The number of carboxylic acids is 1. The van der Waals surface area contributed by atoms with Crippen LogP contribution in [0.2, 0.25) is 0 Å². The maximum absolute atomic E-state index is 13.2. The lowest BCUT2D eigenvalue weighted by molar-refractivity contribution is -0.155. The van der Waals surface area contributed by atoms with Gasteiger partial charge in [-0.25, -0.2) is 4.79 Å². The van der Waals surface area contributed by atoms with Gasteiger partial charge in [0.2, 0.25) is 23.6 Å². The molecule has 10 nitrogen and oxygen atoms in total. The Balaban J connectivity index is 2.26. The summed E-state index contributed by atoms with van der Waals surface area (Å²) >= 11 is 0. The highest BCUT2D eigenvalue weighted by atomic mass is 16.4. The van der Waals surface area contributed by atoms with Crippen LogP contribution in [0, 0.1) is 0 Å². The third kappa shape index (κ3) is 6.29. The Bertz CT molecular complexity index is 859. The highest BCUT2D eigenvalue weighted by Crippen LogP contribution is 2.19. The molecule has 0 bridgehead atoms. The fourth-order valence-electron chi connectivity index (χ4n) is 3.74. The van der Waals surface area contributed by atoms with Gasteiger partial charge in [0.25, 0.3) is 0 Å². The number of amides is 4. The quantitative estimate of drug-likeness (QED) is 0.457. The monoisotopic (exact) mass is 446 g/mol. The second-order valence-electron chi connectivity index (χ2n) is 7.76. The Morgan fingerprint density at radius 3 is 2.41 bits per heavy atom. The van der Waals surface area contributed by atoms with Crippen molar-refractivity contribution in [2.24, 2.45) is 5.73 Å². The summed E-state index contributed by atoms with van der Waals surface area (Å²) in [6.07, 6.45) is 0.0900. The molecule has 32 heavy (non-hydrogen) atoms. The first-order valence-electron chi connectivity index (χ1n) is 10.6. The fraction of sp³-hybridized carbons (Fsp3) is 0.500. The Kier molecular flexibility index (Phi) is 8.74. The van der Waals surface area contributed by atoms with Crippen molar-refractivity contribution < 1.29 is 29.1 Å². The number of benzene rings is 1. The Morgan fingerprint density at radius 2 is 1.84 bits per heavy atom. The van der Waals surface area contributed by atoms with E-state index in [2.05, 4.69) is 5.32 Å². The first kappa shape index (κ1) is 24.8. The highest BCUT2D eigenvalue weighted by Gasteiger charge is 2.40. The van der Waals surface area contributed by atoms with E-state index in [1.165, 1.54) is 9.80 Å². The van der Waals surface area contributed by atoms with Crippen LogP contribution in [0.25, 0.3) is 0 Å². The summed E-state index contributed by atoms with van der Waals surface area (Å²) in [6, 6.07) is 6.04. The first-order valence-corrected chi connectivity index (χ1v) is 10.6. The second kappa shape index (κ2) is 11.3. The number of hydrogen-bond acceptors (Lipinski definition) is 5. The molecular weight excluding hydrogens is 416 g/mol. The molecule has 174 valence electrons. The van der Waals surface area contributed by atoms with E-state index in [4.69, 9.17) is 5.73 Å². The molecule has 0 aromatic heterocycles. The Morgan fingerprint density at radius 1 is 1.19 bits per heavy atom. The van der Waals surface area contributed by atoms with Gasteiger partial charge < -0.3 is 26.0 Å². The van der Waals surface area contributed by atoms with Gasteiger partial charge >= 0.3 is 5.97 Å². The number of nitrogens with two attached hydrogens (primary N) is 1. The predicted octanol–water partition coefficient (Wildman–Crippen LogP) is -0.0981. The SMILES string of the molecule is CCC(=O)N1CCN([C@@H](Cc2ccccc2)C(=O)N[C@@H](CCC(N)=O)C(=O)O)C(=O)[C@@H]1C.